The highest BCUT2D eigenvalue weighted by Gasteiger charge is 2.25. The summed E-state index contributed by atoms with van der Waals surface area (Å²) < 4.78 is 2.43. The largest absolute Gasteiger partial charge is 0.321 e. The highest BCUT2D eigenvalue weighted by atomic mass is 31.1. The van der Waals surface area contributed by atoms with Crippen LogP contribution in [0.25, 0.3) is 68.6 Å². The summed E-state index contributed by atoms with van der Waals surface area (Å²) in [6.07, 6.45) is 46.5. The number of terminal acetylenes is 1. The summed E-state index contributed by atoms with van der Waals surface area (Å²) in [6, 6.07) is 25.9. The van der Waals surface area contributed by atoms with E-state index in [1.165, 1.54) is 105 Å². The SMILES string of the molecule is C#CC/C=C\c1c(C)c2c(n1-c1ccc(-c3c4c(c(C5=CC=C(N6/C=C\C=C/C(=C)C7=C6C=CCC7)CC5)c5cc(-c6ccc(P(C)C)cc6)ccc35)=CCCC=4)cc1)C=CCC2. The summed E-state index contributed by atoms with van der Waals surface area (Å²) in [5.41, 5.74) is 19.4. The lowest BCUT2D eigenvalue weighted by Gasteiger charge is -2.32. The van der Waals surface area contributed by atoms with Gasteiger partial charge in [-0.3, -0.25) is 0 Å². The molecular formula is C60H55N2P. The maximum atomic E-state index is 5.67. The van der Waals surface area contributed by atoms with Gasteiger partial charge in [-0.1, -0.05) is 112 Å². The fourth-order valence-corrected chi connectivity index (χ4v) is 11.1. The van der Waals surface area contributed by atoms with Crippen molar-refractivity contribution in [2.24, 2.45) is 0 Å². The second-order valence-corrected chi connectivity index (χ2v) is 19.8. The number of rotatable bonds is 8. The van der Waals surface area contributed by atoms with E-state index in [2.05, 4.69) is 194 Å². The quantitative estimate of drug-likeness (QED) is 0.112. The number of hydrogen-bond donors (Lipinski definition) is 0. The Hall–Kier alpha value is -6.39. The Kier molecular flexibility index (Phi) is 11.2. The zero-order valence-corrected chi connectivity index (χ0v) is 37.8. The second kappa shape index (κ2) is 17.4. The first-order valence-electron chi connectivity index (χ1n) is 22.7. The molecule has 2 nitrogen and oxygen atoms in total. The van der Waals surface area contributed by atoms with E-state index in [4.69, 9.17) is 6.42 Å². The van der Waals surface area contributed by atoms with Gasteiger partial charge in [0.25, 0.3) is 0 Å². The fourth-order valence-electron chi connectivity index (χ4n) is 10.4. The van der Waals surface area contributed by atoms with Crippen LogP contribution < -0.4 is 15.7 Å². The van der Waals surface area contributed by atoms with Crippen molar-refractivity contribution in [3.05, 3.63) is 195 Å². The monoisotopic (exact) mass is 834 g/mol. The van der Waals surface area contributed by atoms with E-state index in [1.807, 2.05) is 0 Å². The van der Waals surface area contributed by atoms with Gasteiger partial charge in [-0.15, -0.1) is 12.3 Å². The molecule has 0 amide bonds. The lowest BCUT2D eigenvalue weighted by molar-refractivity contribution is 0.547. The summed E-state index contributed by atoms with van der Waals surface area (Å²) in [7, 11) is -0.156. The van der Waals surface area contributed by atoms with Crippen molar-refractivity contribution in [1.29, 1.82) is 0 Å². The van der Waals surface area contributed by atoms with Crippen molar-refractivity contribution in [2.75, 3.05) is 13.3 Å². The molecular weight excluding hydrogens is 780 g/mol. The van der Waals surface area contributed by atoms with E-state index in [1.54, 1.807) is 0 Å². The van der Waals surface area contributed by atoms with Gasteiger partial charge in [0.2, 0.25) is 0 Å². The van der Waals surface area contributed by atoms with Gasteiger partial charge in [0, 0.05) is 41.1 Å². The molecule has 4 aliphatic carbocycles. The molecule has 1 aliphatic heterocycles. The van der Waals surface area contributed by atoms with Gasteiger partial charge < -0.3 is 9.47 Å². The number of fused-ring (bicyclic) bond motifs is 3. The topological polar surface area (TPSA) is 8.17 Å². The van der Waals surface area contributed by atoms with E-state index in [0.29, 0.717) is 6.42 Å². The molecule has 1 aromatic heterocycles. The lowest BCUT2D eigenvalue weighted by Crippen LogP contribution is -2.33. The molecule has 4 aromatic carbocycles. The van der Waals surface area contributed by atoms with Crippen LogP contribution in [0.1, 0.15) is 79.4 Å². The third kappa shape index (κ3) is 7.54. The molecule has 0 atom stereocenters. The molecule has 0 saturated heterocycles. The average Bonchev–Trinajstić information content (AvgIpc) is 3.60. The predicted molar refractivity (Wildman–Crippen MR) is 274 cm³/mol. The maximum absolute atomic E-state index is 5.67. The number of benzene rings is 4. The molecule has 10 rings (SSSR count). The van der Waals surface area contributed by atoms with Crippen LogP contribution in [0.5, 0.6) is 0 Å². The molecule has 310 valence electrons. The molecule has 0 saturated carbocycles. The lowest BCUT2D eigenvalue weighted by atomic mass is 9.83. The molecule has 0 spiro atoms. The first kappa shape index (κ1) is 40.7. The Labute approximate surface area is 375 Å². The molecule has 0 bridgehead atoms. The zero-order valence-electron chi connectivity index (χ0n) is 36.9. The molecule has 5 aliphatic rings. The zero-order chi connectivity index (χ0) is 43.0. The normalized spacial score (nSPS) is 17.9. The Balaban J connectivity index is 1.14. The Bertz CT molecular complexity index is 3120. The van der Waals surface area contributed by atoms with Crippen molar-refractivity contribution in [3.63, 3.8) is 0 Å². The van der Waals surface area contributed by atoms with Crippen LogP contribution in [0, 0.1) is 19.3 Å². The van der Waals surface area contributed by atoms with Gasteiger partial charge >= 0.3 is 0 Å². The highest BCUT2D eigenvalue weighted by Crippen LogP contribution is 2.40. The van der Waals surface area contributed by atoms with Crippen molar-refractivity contribution in [1.82, 2.24) is 9.47 Å². The molecule has 3 heteroatoms. The van der Waals surface area contributed by atoms with Gasteiger partial charge in [-0.25, -0.2) is 0 Å². The van der Waals surface area contributed by atoms with E-state index in [-0.39, 0.29) is 7.92 Å². The minimum absolute atomic E-state index is 0.156. The number of aromatic nitrogens is 1. The second-order valence-electron chi connectivity index (χ2n) is 17.5. The number of nitrogens with zero attached hydrogens (tertiary/aromatic N) is 2. The first-order chi connectivity index (χ1) is 30.9. The van der Waals surface area contributed by atoms with Crippen LogP contribution in [0.3, 0.4) is 0 Å². The summed E-state index contributed by atoms with van der Waals surface area (Å²) in [5.74, 6) is 2.78. The number of hydrogen-bond acceptors (Lipinski definition) is 1. The minimum Gasteiger partial charge on any atom is -0.321 e. The summed E-state index contributed by atoms with van der Waals surface area (Å²) >= 11 is 0. The van der Waals surface area contributed by atoms with Crippen molar-refractivity contribution < 1.29 is 0 Å². The Morgan fingerprint density at radius 1 is 0.746 bits per heavy atom. The van der Waals surface area contributed by atoms with E-state index in [9.17, 15) is 0 Å². The van der Waals surface area contributed by atoms with Gasteiger partial charge in [0.1, 0.15) is 0 Å². The summed E-state index contributed by atoms with van der Waals surface area (Å²) in [6.45, 7) is 11.4. The number of allylic oxidation sites excluding steroid dienone is 13. The Morgan fingerprint density at radius 2 is 1.49 bits per heavy atom. The van der Waals surface area contributed by atoms with E-state index >= 15 is 0 Å². The van der Waals surface area contributed by atoms with E-state index in [0.717, 1.165) is 56.9 Å². The van der Waals surface area contributed by atoms with Crippen LogP contribution in [0.4, 0.5) is 0 Å². The van der Waals surface area contributed by atoms with Crippen LogP contribution >= 0.6 is 7.92 Å². The standard InChI is InChI=1S/C60H55N2P/c1-6-7-8-22-56-42(3)51-19-12-14-24-58(51)62(56)48-34-27-44(28-35-48)59-52-20-9-10-21-53(52)60(55-40-46(31-38-54(55)59)43-29-36-49(37-30-43)63(4)5)45-25-32-47(33-26-45)61-39-16-15-17-41(2)50-18-11-13-23-57(50)61/h1,8,13-17,20-25,27-32,34-40H,2,7,9-12,18-19,26,33H2,3-5H3/b17-15-,22-8-,39-16-. The molecule has 0 fully saturated rings. The Morgan fingerprint density at radius 3 is 2.25 bits per heavy atom. The first-order valence-corrected chi connectivity index (χ1v) is 25.0. The van der Waals surface area contributed by atoms with Crippen LogP contribution in [-0.4, -0.2) is 22.8 Å². The van der Waals surface area contributed by atoms with Crippen LogP contribution in [0.15, 0.2) is 157 Å². The van der Waals surface area contributed by atoms with Crippen LogP contribution in [-0.2, 0) is 6.42 Å². The molecule has 0 radical (unpaired) electrons. The molecule has 0 N–H and O–H groups in total. The van der Waals surface area contributed by atoms with Gasteiger partial charge in [0.05, 0.1) is 0 Å². The van der Waals surface area contributed by atoms with Crippen molar-refractivity contribution in [2.45, 2.75) is 64.7 Å². The van der Waals surface area contributed by atoms with Crippen molar-refractivity contribution >= 4 is 53.9 Å². The van der Waals surface area contributed by atoms with Gasteiger partial charge in [-0.2, -0.15) is 0 Å². The summed E-state index contributed by atoms with van der Waals surface area (Å²) in [4.78, 5) is 2.41. The maximum Gasteiger partial charge on any atom is 0.0494 e. The summed E-state index contributed by atoms with van der Waals surface area (Å²) in [5, 5.41) is 6.79. The smallest absolute Gasteiger partial charge is 0.0494 e. The van der Waals surface area contributed by atoms with E-state index < -0.39 is 0 Å². The fraction of sp³-hybridized carbons (Fsp3) is 0.200. The third-order valence-electron chi connectivity index (χ3n) is 13.6. The molecule has 2 heterocycles. The van der Waals surface area contributed by atoms with Gasteiger partial charge in [-0.05, 0) is 202 Å². The minimum atomic E-state index is -0.156. The predicted octanol–water partition coefficient (Wildman–Crippen LogP) is 13.6. The highest BCUT2D eigenvalue weighted by molar-refractivity contribution is 7.64. The van der Waals surface area contributed by atoms with Crippen molar-refractivity contribution in [3.8, 4) is 40.3 Å². The molecule has 0 unspecified atom stereocenters. The van der Waals surface area contributed by atoms with Crippen LogP contribution in [0.2, 0.25) is 0 Å². The average molecular weight is 835 g/mol. The third-order valence-corrected chi connectivity index (χ3v) is 14.9. The molecule has 63 heavy (non-hydrogen) atoms. The van der Waals surface area contributed by atoms with Gasteiger partial charge in [0.15, 0.2) is 0 Å². The molecule has 5 aromatic rings.